The highest BCUT2D eigenvalue weighted by molar-refractivity contribution is 7.89. The van der Waals surface area contributed by atoms with Crippen LogP contribution in [0.15, 0.2) is 23.1 Å². The van der Waals surface area contributed by atoms with Gasteiger partial charge in [-0.05, 0) is 37.8 Å². The SMILES string of the molecule is CNc1cccc(S(=O)(=O)N(C)C(C)C2CC2)c1[N+](=O)[O-]. The van der Waals surface area contributed by atoms with Gasteiger partial charge in [0.05, 0.1) is 4.92 Å². The molecule has 0 aliphatic heterocycles. The van der Waals surface area contributed by atoms with Crippen LogP contribution in [0.1, 0.15) is 19.8 Å². The van der Waals surface area contributed by atoms with Crippen molar-refractivity contribution in [2.24, 2.45) is 5.92 Å². The van der Waals surface area contributed by atoms with Crippen LogP contribution in [0.4, 0.5) is 11.4 Å². The minimum Gasteiger partial charge on any atom is -0.383 e. The molecule has 0 spiro atoms. The van der Waals surface area contributed by atoms with Crippen molar-refractivity contribution in [2.45, 2.75) is 30.7 Å². The Morgan fingerprint density at radius 2 is 2.05 bits per heavy atom. The molecule has 2 rings (SSSR count). The van der Waals surface area contributed by atoms with Crippen molar-refractivity contribution in [3.05, 3.63) is 28.3 Å². The smallest absolute Gasteiger partial charge is 0.312 e. The predicted molar refractivity (Wildman–Crippen MR) is 79.8 cm³/mol. The number of nitro groups is 1. The van der Waals surface area contributed by atoms with Gasteiger partial charge in [-0.1, -0.05) is 6.07 Å². The fourth-order valence-electron chi connectivity index (χ4n) is 2.37. The second-order valence-corrected chi connectivity index (χ2v) is 7.22. The van der Waals surface area contributed by atoms with Crippen LogP contribution < -0.4 is 5.32 Å². The van der Waals surface area contributed by atoms with E-state index >= 15 is 0 Å². The van der Waals surface area contributed by atoms with E-state index in [1.54, 1.807) is 0 Å². The first kappa shape index (κ1) is 15.7. The first-order chi connectivity index (χ1) is 9.80. The summed E-state index contributed by atoms with van der Waals surface area (Å²) in [6.07, 6.45) is 2.00. The average molecular weight is 313 g/mol. The summed E-state index contributed by atoms with van der Waals surface area (Å²) in [5.74, 6) is 0.344. The molecule has 1 N–H and O–H groups in total. The number of hydrogen-bond acceptors (Lipinski definition) is 5. The van der Waals surface area contributed by atoms with Crippen molar-refractivity contribution < 1.29 is 13.3 Å². The third-order valence-electron chi connectivity index (χ3n) is 3.99. The van der Waals surface area contributed by atoms with Gasteiger partial charge in [0.25, 0.3) is 0 Å². The molecular weight excluding hydrogens is 294 g/mol. The zero-order valence-electron chi connectivity index (χ0n) is 12.2. The number of benzene rings is 1. The number of sulfonamides is 1. The van der Waals surface area contributed by atoms with Crippen LogP contribution in [-0.2, 0) is 10.0 Å². The summed E-state index contributed by atoms with van der Waals surface area (Å²) < 4.78 is 26.6. The lowest BCUT2D eigenvalue weighted by Crippen LogP contribution is -2.36. The van der Waals surface area contributed by atoms with Gasteiger partial charge in [-0.3, -0.25) is 10.1 Å². The summed E-state index contributed by atoms with van der Waals surface area (Å²) in [6, 6.07) is 4.11. The van der Waals surface area contributed by atoms with Crippen LogP contribution in [0.3, 0.4) is 0 Å². The van der Waals surface area contributed by atoms with E-state index in [4.69, 9.17) is 0 Å². The number of nitrogens with zero attached hydrogens (tertiary/aromatic N) is 2. The molecule has 7 nitrogen and oxygen atoms in total. The van der Waals surface area contributed by atoms with Gasteiger partial charge >= 0.3 is 5.69 Å². The Morgan fingerprint density at radius 3 is 2.52 bits per heavy atom. The Labute approximate surface area is 124 Å². The van der Waals surface area contributed by atoms with Gasteiger partial charge < -0.3 is 5.32 Å². The third kappa shape index (κ3) is 2.86. The Bertz CT molecular complexity index is 655. The van der Waals surface area contributed by atoms with Gasteiger partial charge in [0.15, 0.2) is 4.90 Å². The molecule has 8 heteroatoms. The van der Waals surface area contributed by atoms with Gasteiger partial charge in [-0.15, -0.1) is 0 Å². The second-order valence-electron chi connectivity index (χ2n) is 5.26. The Balaban J connectivity index is 2.51. The first-order valence-electron chi connectivity index (χ1n) is 6.74. The zero-order valence-corrected chi connectivity index (χ0v) is 13.1. The van der Waals surface area contributed by atoms with Gasteiger partial charge in [0, 0.05) is 20.1 Å². The first-order valence-corrected chi connectivity index (χ1v) is 8.18. The highest BCUT2D eigenvalue weighted by atomic mass is 32.2. The van der Waals surface area contributed by atoms with E-state index < -0.39 is 20.6 Å². The summed E-state index contributed by atoms with van der Waals surface area (Å²) in [5.41, 5.74) is -0.219. The molecule has 1 atom stereocenters. The average Bonchev–Trinajstić information content (AvgIpc) is 3.29. The van der Waals surface area contributed by atoms with Gasteiger partial charge in [0.1, 0.15) is 5.69 Å². The fourth-order valence-corrected chi connectivity index (χ4v) is 3.97. The molecule has 1 aliphatic carbocycles. The van der Waals surface area contributed by atoms with E-state index in [9.17, 15) is 18.5 Å². The van der Waals surface area contributed by atoms with E-state index in [2.05, 4.69) is 5.32 Å². The molecule has 0 heterocycles. The molecule has 0 saturated heterocycles. The predicted octanol–water partition coefficient (Wildman–Crippen LogP) is 2.06. The number of para-hydroxylation sites is 1. The Hall–Kier alpha value is -1.67. The zero-order chi connectivity index (χ0) is 15.8. The molecule has 0 bridgehead atoms. The van der Waals surface area contributed by atoms with Crippen LogP contribution in [0.2, 0.25) is 0 Å². The normalized spacial score (nSPS) is 16.8. The number of rotatable bonds is 6. The van der Waals surface area contributed by atoms with Gasteiger partial charge in [0.2, 0.25) is 10.0 Å². The van der Waals surface area contributed by atoms with E-state index in [0.717, 1.165) is 12.8 Å². The summed E-state index contributed by atoms with van der Waals surface area (Å²) in [4.78, 5) is 10.3. The lowest BCUT2D eigenvalue weighted by molar-refractivity contribution is -0.386. The molecule has 116 valence electrons. The highest BCUT2D eigenvalue weighted by Crippen LogP contribution is 2.38. The van der Waals surface area contributed by atoms with Crippen molar-refractivity contribution in [2.75, 3.05) is 19.4 Å². The van der Waals surface area contributed by atoms with E-state index in [-0.39, 0.29) is 16.6 Å². The van der Waals surface area contributed by atoms with Crippen LogP contribution in [0.5, 0.6) is 0 Å². The lowest BCUT2D eigenvalue weighted by Gasteiger charge is -2.24. The lowest BCUT2D eigenvalue weighted by atomic mass is 10.2. The quantitative estimate of drug-likeness (QED) is 0.641. The monoisotopic (exact) mass is 313 g/mol. The summed E-state index contributed by atoms with van der Waals surface area (Å²) in [6.45, 7) is 1.84. The Morgan fingerprint density at radius 1 is 1.43 bits per heavy atom. The van der Waals surface area contributed by atoms with E-state index in [0.29, 0.717) is 5.92 Å². The fraction of sp³-hybridized carbons (Fsp3) is 0.538. The number of nitrogens with one attached hydrogen (secondary N) is 1. The third-order valence-corrected chi connectivity index (χ3v) is 5.96. The van der Waals surface area contributed by atoms with Crippen LogP contribution in [0, 0.1) is 16.0 Å². The molecule has 0 amide bonds. The topological polar surface area (TPSA) is 92.6 Å². The molecule has 1 fully saturated rings. The molecule has 21 heavy (non-hydrogen) atoms. The summed E-state index contributed by atoms with van der Waals surface area (Å²) in [7, 11) is -0.897. The van der Waals surface area contributed by atoms with Crippen molar-refractivity contribution in [3.63, 3.8) is 0 Å². The van der Waals surface area contributed by atoms with Crippen LogP contribution >= 0.6 is 0 Å². The van der Waals surface area contributed by atoms with Crippen LogP contribution in [-0.4, -0.2) is 37.8 Å². The molecule has 1 saturated carbocycles. The summed E-state index contributed by atoms with van der Waals surface area (Å²) >= 11 is 0. The van der Waals surface area contributed by atoms with Crippen molar-refractivity contribution in [1.29, 1.82) is 0 Å². The number of nitro benzene ring substituents is 1. The van der Waals surface area contributed by atoms with E-state index in [1.165, 1.54) is 36.6 Å². The molecule has 0 aromatic heterocycles. The Kier molecular flexibility index (Phi) is 4.20. The van der Waals surface area contributed by atoms with Crippen molar-refractivity contribution >= 4 is 21.4 Å². The number of hydrogen-bond donors (Lipinski definition) is 1. The molecule has 1 aromatic carbocycles. The highest BCUT2D eigenvalue weighted by Gasteiger charge is 2.39. The molecular formula is C13H19N3O4S. The molecule has 0 radical (unpaired) electrons. The minimum atomic E-state index is -3.90. The molecule has 1 aliphatic rings. The van der Waals surface area contributed by atoms with E-state index in [1.807, 2.05) is 6.92 Å². The largest absolute Gasteiger partial charge is 0.383 e. The second kappa shape index (κ2) is 5.61. The maximum absolute atomic E-state index is 12.7. The molecule has 1 aromatic rings. The van der Waals surface area contributed by atoms with Gasteiger partial charge in [-0.25, -0.2) is 8.42 Å². The van der Waals surface area contributed by atoms with Gasteiger partial charge in [-0.2, -0.15) is 4.31 Å². The minimum absolute atomic E-state index is 0.159. The standard InChI is InChI=1S/C13H19N3O4S/c1-9(10-7-8-10)15(3)21(19,20)12-6-4-5-11(14-2)13(12)16(17)18/h4-6,9-10,14H,7-8H2,1-3H3. The van der Waals surface area contributed by atoms with Crippen molar-refractivity contribution in [3.8, 4) is 0 Å². The maximum atomic E-state index is 12.7. The summed E-state index contributed by atoms with van der Waals surface area (Å²) in [5, 5.41) is 13.9. The molecule has 1 unspecified atom stereocenters. The van der Waals surface area contributed by atoms with Crippen LogP contribution in [0.25, 0.3) is 0 Å². The van der Waals surface area contributed by atoms with Crippen molar-refractivity contribution in [1.82, 2.24) is 4.31 Å². The number of anilines is 1. The maximum Gasteiger partial charge on any atom is 0.312 e.